The first-order chi connectivity index (χ1) is 9.12. The standard InChI is InChI=1S/C15H29N3O2.ClH/c1-10(16)12-6-8-18(9-7-12)13(19)11(2)17-14(20)15(3,4)5;/h10-12H,6-9,16H2,1-5H3,(H,17,20);1H. The van der Waals surface area contributed by atoms with Crippen LogP contribution in [-0.4, -0.2) is 41.9 Å². The molecule has 1 rings (SSSR count). The van der Waals surface area contributed by atoms with E-state index in [4.69, 9.17) is 5.73 Å². The molecule has 5 nitrogen and oxygen atoms in total. The molecular formula is C15H30ClN3O2. The summed E-state index contributed by atoms with van der Waals surface area (Å²) >= 11 is 0. The highest BCUT2D eigenvalue weighted by atomic mass is 35.5. The van der Waals surface area contributed by atoms with Gasteiger partial charge in [0.05, 0.1) is 0 Å². The molecule has 1 aliphatic heterocycles. The van der Waals surface area contributed by atoms with Crippen molar-refractivity contribution < 1.29 is 9.59 Å². The summed E-state index contributed by atoms with van der Waals surface area (Å²) in [6.07, 6.45) is 1.90. The number of amides is 2. The smallest absolute Gasteiger partial charge is 0.244 e. The Morgan fingerprint density at radius 2 is 1.67 bits per heavy atom. The zero-order valence-electron chi connectivity index (χ0n) is 13.8. The van der Waals surface area contributed by atoms with Crippen molar-refractivity contribution in [2.45, 2.75) is 59.5 Å². The fourth-order valence-electron chi connectivity index (χ4n) is 2.39. The van der Waals surface area contributed by atoms with Gasteiger partial charge in [-0.3, -0.25) is 9.59 Å². The summed E-state index contributed by atoms with van der Waals surface area (Å²) in [7, 11) is 0. The van der Waals surface area contributed by atoms with Crippen LogP contribution in [-0.2, 0) is 9.59 Å². The molecule has 1 aliphatic rings. The zero-order valence-corrected chi connectivity index (χ0v) is 14.6. The maximum absolute atomic E-state index is 12.3. The van der Waals surface area contributed by atoms with Crippen molar-refractivity contribution >= 4 is 24.2 Å². The lowest BCUT2D eigenvalue weighted by molar-refractivity contribution is -0.139. The molecule has 0 saturated carbocycles. The van der Waals surface area contributed by atoms with E-state index >= 15 is 0 Å². The molecule has 1 heterocycles. The van der Waals surface area contributed by atoms with E-state index in [1.165, 1.54) is 0 Å². The minimum Gasteiger partial charge on any atom is -0.344 e. The summed E-state index contributed by atoms with van der Waals surface area (Å²) in [5, 5.41) is 2.80. The third-order valence-corrected chi connectivity index (χ3v) is 3.99. The van der Waals surface area contributed by atoms with Gasteiger partial charge in [-0.1, -0.05) is 20.8 Å². The van der Waals surface area contributed by atoms with Gasteiger partial charge in [-0.05, 0) is 32.6 Å². The molecule has 1 saturated heterocycles. The second-order valence-electron chi connectivity index (χ2n) is 6.97. The second-order valence-corrected chi connectivity index (χ2v) is 6.97. The van der Waals surface area contributed by atoms with E-state index in [0.717, 1.165) is 25.9 Å². The second kappa shape index (κ2) is 7.99. The Bertz CT molecular complexity index is 358. The number of nitrogens with one attached hydrogen (secondary N) is 1. The third kappa shape index (κ3) is 5.83. The summed E-state index contributed by atoms with van der Waals surface area (Å²) in [6, 6.07) is -0.279. The molecule has 2 unspecified atom stereocenters. The van der Waals surface area contributed by atoms with Crippen molar-refractivity contribution in [2.24, 2.45) is 17.1 Å². The van der Waals surface area contributed by atoms with Crippen LogP contribution in [0.5, 0.6) is 0 Å². The van der Waals surface area contributed by atoms with Crippen molar-refractivity contribution in [2.75, 3.05) is 13.1 Å². The van der Waals surface area contributed by atoms with Crippen molar-refractivity contribution in [3.63, 3.8) is 0 Å². The number of likely N-dealkylation sites (tertiary alicyclic amines) is 1. The lowest BCUT2D eigenvalue weighted by Gasteiger charge is -2.35. The maximum Gasteiger partial charge on any atom is 0.244 e. The highest BCUT2D eigenvalue weighted by Crippen LogP contribution is 2.20. The predicted octanol–water partition coefficient (Wildman–Crippen LogP) is 1.54. The van der Waals surface area contributed by atoms with E-state index in [0.29, 0.717) is 5.92 Å². The van der Waals surface area contributed by atoms with Gasteiger partial charge in [-0.2, -0.15) is 0 Å². The lowest BCUT2D eigenvalue weighted by atomic mass is 9.90. The molecule has 0 bridgehead atoms. The van der Waals surface area contributed by atoms with Gasteiger partial charge in [-0.25, -0.2) is 0 Å². The third-order valence-electron chi connectivity index (χ3n) is 3.99. The molecule has 3 N–H and O–H groups in total. The van der Waals surface area contributed by atoms with E-state index in [2.05, 4.69) is 5.32 Å². The number of hydrogen-bond acceptors (Lipinski definition) is 3. The molecule has 6 heteroatoms. The number of carbonyl (C=O) groups excluding carboxylic acids is 2. The van der Waals surface area contributed by atoms with Gasteiger partial charge in [0.2, 0.25) is 11.8 Å². The first-order valence-electron chi connectivity index (χ1n) is 7.48. The van der Waals surface area contributed by atoms with Gasteiger partial charge >= 0.3 is 0 Å². The highest BCUT2D eigenvalue weighted by Gasteiger charge is 2.30. The van der Waals surface area contributed by atoms with Gasteiger partial charge < -0.3 is 16.0 Å². The lowest BCUT2D eigenvalue weighted by Crippen LogP contribution is -2.52. The summed E-state index contributed by atoms with van der Waals surface area (Å²) < 4.78 is 0. The monoisotopic (exact) mass is 319 g/mol. The molecule has 0 radical (unpaired) electrons. The van der Waals surface area contributed by atoms with Crippen LogP contribution in [0.3, 0.4) is 0 Å². The number of piperidine rings is 1. The van der Waals surface area contributed by atoms with E-state index < -0.39 is 11.5 Å². The predicted molar refractivity (Wildman–Crippen MR) is 87.3 cm³/mol. The number of rotatable bonds is 3. The normalized spacial score (nSPS) is 19.4. The molecular weight excluding hydrogens is 290 g/mol. The topological polar surface area (TPSA) is 75.4 Å². The first-order valence-corrected chi connectivity index (χ1v) is 7.48. The number of halogens is 1. The number of hydrogen-bond donors (Lipinski definition) is 2. The number of nitrogens with two attached hydrogens (primary N) is 1. The van der Waals surface area contributed by atoms with Crippen LogP contribution in [0.25, 0.3) is 0 Å². The summed E-state index contributed by atoms with van der Waals surface area (Å²) in [6.45, 7) is 10.8. The number of nitrogens with zero attached hydrogens (tertiary/aromatic N) is 1. The van der Waals surface area contributed by atoms with Gasteiger partial charge in [0.25, 0.3) is 0 Å². The van der Waals surface area contributed by atoms with E-state index in [1.807, 2.05) is 32.6 Å². The van der Waals surface area contributed by atoms with Crippen LogP contribution in [0.1, 0.15) is 47.5 Å². The van der Waals surface area contributed by atoms with Crippen LogP contribution < -0.4 is 11.1 Å². The molecule has 2 atom stereocenters. The Kier molecular flexibility index (Phi) is 7.68. The van der Waals surface area contributed by atoms with Crippen molar-refractivity contribution in [3.8, 4) is 0 Å². The quantitative estimate of drug-likeness (QED) is 0.828. The molecule has 2 amide bonds. The molecule has 0 aromatic rings. The van der Waals surface area contributed by atoms with Crippen LogP contribution in [0.2, 0.25) is 0 Å². The Hall–Kier alpha value is -0.810. The van der Waals surface area contributed by atoms with E-state index in [9.17, 15) is 9.59 Å². The zero-order chi connectivity index (χ0) is 15.5. The molecule has 21 heavy (non-hydrogen) atoms. The van der Waals surface area contributed by atoms with Crippen LogP contribution >= 0.6 is 12.4 Å². The summed E-state index contributed by atoms with van der Waals surface area (Å²) in [5.41, 5.74) is 5.43. The fraction of sp³-hybridized carbons (Fsp3) is 0.867. The first kappa shape index (κ1) is 20.2. The van der Waals surface area contributed by atoms with Crippen molar-refractivity contribution in [3.05, 3.63) is 0 Å². The SMILES string of the molecule is CC(NC(=O)C(C)(C)C)C(=O)N1CCC(C(C)N)CC1.Cl. The van der Waals surface area contributed by atoms with Gasteiger partial charge in [-0.15, -0.1) is 12.4 Å². The van der Waals surface area contributed by atoms with Crippen LogP contribution in [0.15, 0.2) is 0 Å². The number of carbonyl (C=O) groups is 2. The Morgan fingerprint density at radius 1 is 1.19 bits per heavy atom. The maximum atomic E-state index is 12.3. The average Bonchev–Trinajstić information content (AvgIpc) is 2.36. The molecule has 124 valence electrons. The highest BCUT2D eigenvalue weighted by molar-refractivity contribution is 5.89. The van der Waals surface area contributed by atoms with Crippen molar-refractivity contribution in [1.82, 2.24) is 10.2 Å². The Morgan fingerprint density at radius 3 is 2.05 bits per heavy atom. The van der Waals surface area contributed by atoms with Gasteiger partial charge in [0.15, 0.2) is 0 Å². The summed E-state index contributed by atoms with van der Waals surface area (Å²) in [4.78, 5) is 26.1. The molecule has 0 spiro atoms. The molecule has 1 fully saturated rings. The Balaban J connectivity index is 0.00000400. The van der Waals surface area contributed by atoms with Crippen molar-refractivity contribution in [1.29, 1.82) is 0 Å². The largest absolute Gasteiger partial charge is 0.344 e. The fourth-order valence-corrected chi connectivity index (χ4v) is 2.39. The van der Waals surface area contributed by atoms with Crippen LogP contribution in [0, 0.1) is 11.3 Å². The van der Waals surface area contributed by atoms with Gasteiger partial charge in [0, 0.05) is 24.5 Å². The molecule has 0 aliphatic carbocycles. The molecule has 0 aromatic carbocycles. The molecule has 0 aromatic heterocycles. The van der Waals surface area contributed by atoms with Gasteiger partial charge in [0.1, 0.15) is 6.04 Å². The van der Waals surface area contributed by atoms with Crippen LogP contribution in [0.4, 0.5) is 0 Å². The minimum atomic E-state index is -0.476. The minimum absolute atomic E-state index is 0. The van der Waals surface area contributed by atoms with E-state index in [-0.39, 0.29) is 30.3 Å². The Labute approximate surface area is 134 Å². The van der Waals surface area contributed by atoms with E-state index in [1.54, 1.807) is 6.92 Å². The average molecular weight is 320 g/mol. The summed E-state index contributed by atoms with van der Waals surface area (Å²) in [5.74, 6) is 0.410.